The molecule has 0 saturated heterocycles. The Labute approximate surface area is 66.4 Å². The van der Waals surface area contributed by atoms with Gasteiger partial charge in [-0.1, -0.05) is 13.8 Å². The lowest BCUT2D eigenvalue weighted by Gasteiger charge is -2.00. The molecular formula is C8H13N3. The highest BCUT2D eigenvalue weighted by Crippen LogP contribution is 2.57. The highest BCUT2D eigenvalue weighted by atomic mass is 15.3. The van der Waals surface area contributed by atoms with Crippen molar-refractivity contribution < 1.29 is 0 Å². The number of hydrogen-bond donors (Lipinski definition) is 0. The largest absolute Gasteiger partial charge is 0.320 e. The molecular weight excluding hydrogens is 138 g/mol. The summed E-state index contributed by atoms with van der Waals surface area (Å²) in [5, 5.41) is 7.95. The van der Waals surface area contributed by atoms with Crippen LogP contribution in [0.5, 0.6) is 0 Å². The molecule has 60 valence electrons. The van der Waals surface area contributed by atoms with Crippen LogP contribution in [-0.2, 0) is 7.05 Å². The Morgan fingerprint density at radius 1 is 1.64 bits per heavy atom. The number of hydrogen-bond acceptors (Lipinski definition) is 2. The lowest BCUT2D eigenvalue weighted by Crippen LogP contribution is -1.98. The molecule has 1 aliphatic rings. The maximum atomic E-state index is 4.09. The van der Waals surface area contributed by atoms with Crippen LogP contribution in [0.15, 0.2) is 6.33 Å². The van der Waals surface area contributed by atoms with Crippen LogP contribution in [0.3, 0.4) is 0 Å². The highest BCUT2D eigenvalue weighted by Gasteiger charge is 2.49. The molecule has 2 rings (SSSR count). The summed E-state index contributed by atoms with van der Waals surface area (Å²) in [6.07, 6.45) is 3.02. The van der Waals surface area contributed by atoms with Gasteiger partial charge in [-0.05, 0) is 11.8 Å². The molecule has 3 heteroatoms. The van der Waals surface area contributed by atoms with E-state index < -0.39 is 0 Å². The molecule has 0 N–H and O–H groups in total. The fourth-order valence-corrected chi connectivity index (χ4v) is 1.52. The zero-order valence-electron chi connectivity index (χ0n) is 7.20. The van der Waals surface area contributed by atoms with Gasteiger partial charge in [0.05, 0.1) is 0 Å². The molecule has 0 aliphatic heterocycles. The quantitative estimate of drug-likeness (QED) is 0.606. The molecule has 3 nitrogen and oxygen atoms in total. The molecule has 11 heavy (non-hydrogen) atoms. The zero-order chi connectivity index (χ0) is 8.06. The first-order chi connectivity index (χ1) is 5.11. The molecule has 0 aromatic carbocycles. The van der Waals surface area contributed by atoms with Crippen molar-refractivity contribution in [1.29, 1.82) is 0 Å². The normalized spacial score (nSPS) is 27.0. The second kappa shape index (κ2) is 1.84. The van der Waals surface area contributed by atoms with E-state index in [2.05, 4.69) is 24.0 Å². The average Bonchev–Trinajstić information content (AvgIpc) is 2.38. The van der Waals surface area contributed by atoms with Gasteiger partial charge in [-0.3, -0.25) is 0 Å². The van der Waals surface area contributed by atoms with Crippen molar-refractivity contribution in [2.75, 3.05) is 0 Å². The van der Waals surface area contributed by atoms with Gasteiger partial charge in [-0.15, -0.1) is 10.2 Å². The third-order valence-corrected chi connectivity index (χ3v) is 2.57. The molecule has 0 spiro atoms. The van der Waals surface area contributed by atoms with Crippen LogP contribution < -0.4 is 0 Å². The summed E-state index contributed by atoms with van der Waals surface area (Å²) >= 11 is 0. The number of nitrogens with zero attached hydrogens (tertiary/aromatic N) is 3. The third kappa shape index (κ3) is 0.951. The number of aromatic nitrogens is 3. The molecule has 1 saturated carbocycles. The van der Waals surface area contributed by atoms with Crippen molar-refractivity contribution in [3.8, 4) is 0 Å². The minimum Gasteiger partial charge on any atom is -0.320 e. The summed E-state index contributed by atoms with van der Waals surface area (Å²) in [5.74, 6) is 1.77. The average molecular weight is 151 g/mol. The number of rotatable bonds is 1. The first-order valence-corrected chi connectivity index (χ1v) is 3.95. The predicted molar refractivity (Wildman–Crippen MR) is 42.1 cm³/mol. The van der Waals surface area contributed by atoms with Crippen LogP contribution in [0.4, 0.5) is 0 Å². The van der Waals surface area contributed by atoms with Crippen LogP contribution >= 0.6 is 0 Å². The highest BCUT2D eigenvalue weighted by molar-refractivity contribution is 5.14. The molecule has 0 amide bonds. The smallest absolute Gasteiger partial charge is 0.136 e. The second-order valence-corrected chi connectivity index (χ2v) is 4.05. The molecule has 0 bridgehead atoms. The SMILES string of the molecule is Cn1cnnc1C1CC1(C)C. The van der Waals surface area contributed by atoms with E-state index in [0.29, 0.717) is 11.3 Å². The van der Waals surface area contributed by atoms with E-state index in [-0.39, 0.29) is 0 Å². The van der Waals surface area contributed by atoms with E-state index in [1.807, 2.05) is 11.6 Å². The zero-order valence-corrected chi connectivity index (χ0v) is 7.20. The fraction of sp³-hybridized carbons (Fsp3) is 0.750. The van der Waals surface area contributed by atoms with E-state index in [9.17, 15) is 0 Å². The molecule has 0 radical (unpaired) electrons. The van der Waals surface area contributed by atoms with Crippen LogP contribution in [0.2, 0.25) is 0 Å². The summed E-state index contributed by atoms with van der Waals surface area (Å²) in [6.45, 7) is 4.54. The molecule has 1 unspecified atom stereocenters. The second-order valence-electron chi connectivity index (χ2n) is 4.05. The van der Waals surface area contributed by atoms with Crippen molar-refractivity contribution in [2.45, 2.75) is 26.2 Å². The van der Waals surface area contributed by atoms with Crippen LogP contribution in [0, 0.1) is 5.41 Å². The fourth-order valence-electron chi connectivity index (χ4n) is 1.52. The van der Waals surface area contributed by atoms with Gasteiger partial charge in [0.15, 0.2) is 0 Å². The summed E-state index contributed by atoms with van der Waals surface area (Å²) in [5.41, 5.74) is 0.459. The third-order valence-electron chi connectivity index (χ3n) is 2.57. The van der Waals surface area contributed by atoms with Gasteiger partial charge in [-0.2, -0.15) is 0 Å². The first-order valence-electron chi connectivity index (χ1n) is 3.95. The lowest BCUT2D eigenvalue weighted by molar-refractivity contribution is 0.597. The predicted octanol–water partition coefficient (Wildman–Crippen LogP) is 1.33. The Bertz CT molecular complexity index is 275. The van der Waals surface area contributed by atoms with Crippen LogP contribution in [-0.4, -0.2) is 14.8 Å². The van der Waals surface area contributed by atoms with Crippen molar-refractivity contribution in [3.63, 3.8) is 0 Å². The Balaban J connectivity index is 2.27. The standard InChI is InChI=1S/C8H13N3/c1-8(2)4-6(8)7-10-9-5-11(7)3/h5-6H,4H2,1-3H3. The van der Waals surface area contributed by atoms with Gasteiger partial charge in [0, 0.05) is 13.0 Å². The van der Waals surface area contributed by atoms with Gasteiger partial charge < -0.3 is 4.57 Å². The van der Waals surface area contributed by atoms with Gasteiger partial charge >= 0.3 is 0 Å². The van der Waals surface area contributed by atoms with E-state index in [1.54, 1.807) is 6.33 Å². The van der Waals surface area contributed by atoms with Crippen molar-refractivity contribution >= 4 is 0 Å². The van der Waals surface area contributed by atoms with Crippen molar-refractivity contribution in [3.05, 3.63) is 12.2 Å². The summed E-state index contributed by atoms with van der Waals surface area (Å²) < 4.78 is 2.01. The van der Waals surface area contributed by atoms with Crippen LogP contribution in [0.1, 0.15) is 32.0 Å². The summed E-state index contributed by atoms with van der Waals surface area (Å²) in [4.78, 5) is 0. The van der Waals surface area contributed by atoms with Gasteiger partial charge in [0.2, 0.25) is 0 Å². The van der Waals surface area contributed by atoms with Gasteiger partial charge in [0.1, 0.15) is 12.2 Å². The Morgan fingerprint density at radius 3 is 2.64 bits per heavy atom. The molecule has 1 fully saturated rings. The number of aryl methyl sites for hydroxylation is 1. The van der Waals surface area contributed by atoms with E-state index in [1.165, 1.54) is 6.42 Å². The van der Waals surface area contributed by atoms with Crippen molar-refractivity contribution in [2.24, 2.45) is 12.5 Å². The van der Waals surface area contributed by atoms with Gasteiger partial charge in [-0.25, -0.2) is 0 Å². The Hall–Kier alpha value is -0.860. The summed E-state index contributed by atoms with van der Waals surface area (Å²) in [6, 6.07) is 0. The molecule has 1 atom stereocenters. The lowest BCUT2D eigenvalue weighted by atomic mass is 10.1. The monoisotopic (exact) mass is 151 g/mol. The van der Waals surface area contributed by atoms with Crippen molar-refractivity contribution in [1.82, 2.24) is 14.8 Å². The van der Waals surface area contributed by atoms with E-state index in [0.717, 1.165) is 5.82 Å². The molecule has 1 aliphatic carbocycles. The minimum absolute atomic E-state index is 0.459. The summed E-state index contributed by atoms with van der Waals surface area (Å²) in [7, 11) is 2.00. The molecule has 1 aromatic heterocycles. The van der Waals surface area contributed by atoms with E-state index in [4.69, 9.17) is 0 Å². The minimum atomic E-state index is 0.459. The molecule has 1 aromatic rings. The first kappa shape index (κ1) is 6.83. The van der Waals surface area contributed by atoms with Crippen LogP contribution in [0.25, 0.3) is 0 Å². The maximum absolute atomic E-state index is 4.09. The Morgan fingerprint density at radius 2 is 2.27 bits per heavy atom. The topological polar surface area (TPSA) is 30.7 Å². The van der Waals surface area contributed by atoms with E-state index >= 15 is 0 Å². The Kier molecular flexibility index (Phi) is 1.14. The molecule has 1 heterocycles. The van der Waals surface area contributed by atoms with Gasteiger partial charge in [0.25, 0.3) is 0 Å². The maximum Gasteiger partial charge on any atom is 0.136 e.